The Bertz CT molecular complexity index is 1220. The zero-order valence-corrected chi connectivity index (χ0v) is 18.5. The van der Waals surface area contributed by atoms with E-state index in [1.807, 2.05) is 44.2 Å². The average molecular weight is 444 g/mol. The molecule has 7 nitrogen and oxygen atoms in total. The van der Waals surface area contributed by atoms with Crippen molar-refractivity contribution in [1.29, 1.82) is 0 Å². The highest BCUT2D eigenvalue weighted by Gasteiger charge is 2.15. The summed E-state index contributed by atoms with van der Waals surface area (Å²) in [5.74, 6) is 1.18. The van der Waals surface area contributed by atoms with Crippen LogP contribution >= 0.6 is 11.8 Å². The number of pyridine rings is 1. The van der Waals surface area contributed by atoms with Crippen molar-refractivity contribution in [3.8, 4) is 0 Å². The normalized spacial score (nSPS) is 11.1. The number of carbonyl (C=O) groups excluding carboxylic acids is 1. The first-order valence-electron chi connectivity index (χ1n) is 9.98. The number of aromatic nitrogens is 2. The Hall–Kier alpha value is -3.78. The summed E-state index contributed by atoms with van der Waals surface area (Å²) < 4.78 is 5.22. The monoisotopic (exact) mass is 443 g/mol. The van der Waals surface area contributed by atoms with Crippen molar-refractivity contribution in [1.82, 2.24) is 10.1 Å². The molecular formula is C24H21N5O2S. The van der Waals surface area contributed by atoms with Crippen LogP contribution in [0.1, 0.15) is 27.4 Å². The third kappa shape index (κ3) is 5.28. The van der Waals surface area contributed by atoms with Crippen LogP contribution in [-0.2, 0) is 5.75 Å². The standard InChI is InChI=1S/C24H21N5O2S/c1-16-22(17(2)31-29-16)15-32-24-21(9-6-14-25-24)23(30)26-18-10-12-20(13-11-18)28-27-19-7-4-3-5-8-19/h3-14H,15H2,1-2H3,(H,26,30). The van der Waals surface area contributed by atoms with Crippen LogP contribution in [0.2, 0.25) is 0 Å². The number of anilines is 1. The van der Waals surface area contributed by atoms with Crippen LogP contribution in [0.4, 0.5) is 17.1 Å². The Kier molecular flexibility index (Phi) is 6.72. The molecule has 0 fully saturated rings. The summed E-state index contributed by atoms with van der Waals surface area (Å²) in [5, 5.41) is 16.0. The lowest BCUT2D eigenvalue weighted by Crippen LogP contribution is -2.13. The van der Waals surface area contributed by atoms with Gasteiger partial charge in [0.2, 0.25) is 0 Å². The first-order valence-corrected chi connectivity index (χ1v) is 11.0. The molecule has 0 aliphatic heterocycles. The largest absolute Gasteiger partial charge is 0.361 e. The molecular weight excluding hydrogens is 422 g/mol. The van der Waals surface area contributed by atoms with E-state index in [4.69, 9.17) is 4.52 Å². The highest BCUT2D eigenvalue weighted by atomic mass is 32.2. The van der Waals surface area contributed by atoms with Crippen LogP contribution in [0.3, 0.4) is 0 Å². The fraction of sp³-hybridized carbons (Fsp3) is 0.125. The molecule has 0 radical (unpaired) electrons. The molecule has 160 valence electrons. The summed E-state index contributed by atoms with van der Waals surface area (Å²) in [6, 6.07) is 20.2. The zero-order valence-electron chi connectivity index (χ0n) is 17.6. The van der Waals surface area contributed by atoms with Crippen LogP contribution in [0.5, 0.6) is 0 Å². The number of hydrogen-bond acceptors (Lipinski definition) is 7. The number of carbonyl (C=O) groups is 1. The van der Waals surface area contributed by atoms with E-state index in [9.17, 15) is 4.79 Å². The summed E-state index contributed by atoms with van der Waals surface area (Å²) in [5.41, 5.74) is 4.53. The van der Waals surface area contributed by atoms with Gasteiger partial charge in [-0.25, -0.2) is 4.98 Å². The van der Waals surface area contributed by atoms with Crippen molar-refractivity contribution in [3.05, 3.63) is 95.5 Å². The van der Waals surface area contributed by atoms with E-state index < -0.39 is 0 Å². The van der Waals surface area contributed by atoms with E-state index in [0.29, 0.717) is 27.7 Å². The fourth-order valence-electron chi connectivity index (χ4n) is 2.95. The minimum atomic E-state index is -0.224. The van der Waals surface area contributed by atoms with Gasteiger partial charge in [-0.2, -0.15) is 10.2 Å². The van der Waals surface area contributed by atoms with Gasteiger partial charge in [0.1, 0.15) is 10.8 Å². The second-order valence-corrected chi connectivity index (χ2v) is 7.95. The van der Waals surface area contributed by atoms with Gasteiger partial charge in [0, 0.05) is 23.2 Å². The zero-order chi connectivity index (χ0) is 22.3. The fourth-order valence-corrected chi connectivity index (χ4v) is 4.09. The number of benzene rings is 2. The minimum absolute atomic E-state index is 0.224. The minimum Gasteiger partial charge on any atom is -0.361 e. The summed E-state index contributed by atoms with van der Waals surface area (Å²) in [6.45, 7) is 3.78. The van der Waals surface area contributed by atoms with Gasteiger partial charge in [-0.15, -0.1) is 11.8 Å². The number of aryl methyl sites for hydroxylation is 2. The molecule has 2 heterocycles. The molecule has 0 saturated heterocycles. The Morgan fingerprint density at radius 2 is 1.69 bits per heavy atom. The van der Waals surface area contributed by atoms with E-state index in [1.54, 1.807) is 42.6 Å². The Morgan fingerprint density at radius 1 is 0.969 bits per heavy atom. The second-order valence-electron chi connectivity index (χ2n) is 6.98. The lowest BCUT2D eigenvalue weighted by Gasteiger charge is -2.09. The third-order valence-electron chi connectivity index (χ3n) is 4.71. The topological polar surface area (TPSA) is 92.7 Å². The van der Waals surface area contributed by atoms with Gasteiger partial charge in [0.15, 0.2) is 0 Å². The predicted molar refractivity (Wildman–Crippen MR) is 125 cm³/mol. The van der Waals surface area contributed by atoms with E-state index in [-0.39, 0.29) is 5.91 Å². The molecule has 32 heavy (non-hydrogen) atoms. The molecule has 0 bridgehead atoms. The average Bonchev–Trinajstić information content (AvgIpc) is 3.15. The third-order valence-corrected chi connectivity index (χ3v) is 5.74. The maximum absolute atomic E-state index is 12.9. The second kappa shape index (κ2) is 10.0. The molecule has 1 N–H and O–H groups in total. The van der Waals surface area contributed by atoms with Crippen molar-refractivity contribution in [2.75, 3.05) is 5.32 Å². The summed E-state index contributed by atoms with van der Waals surface area (Å²) in [7, 11) is 0. The molecule has 0 atom stereocenters. The van der Waals surface area contributed by atoms with Gasteiger partial charge in [-0.05, 0) is 62.4 Å². The lowest BCUT2D eigenvalue weighted by molar-refractivity contribution is 0.102. The van der Waals surface area contributed by atoms with E-state index in [0.717, 1.165) is 22.7 Å². The molecule has 4 aromatic rings. The van der Waals surface area contributed by atoms with Crippen LogP contribution in [-0.4, -0.2) is 16.0 Å². The number of azo groups is 1. The highest BCUT2D eigenvalue weighted by molar-refractivity contribution is 7.98. The molecule has 0 spiro atoms. The molecule has 0 unspecified atom stereocenters. The molecule has 0 aliphatic rings. The van der Waals surface area contributed by atoms with Gasteiger partial charge in [0.25, 0.3) is 5.91 Å². The molecule has 0 aliphatic carbocycles. The lowest BCUT2D eigenvalue weighted by atomic mass is 10.2. The van der Waals surface area contributed by atoms with Crippen LogP contribution in [0.15, 0.2) is 92.7 Å². The SMILES string of the molecule is Cc1noc(C)c1CSc1ncccc1C(=O)Nc1ccc(N=Nc2ccccc2)cc1. The van der Waals surface area contributed by atoms with Gasteiger partial charge in [0.05, 0.1) is 22.6 Å². The van der Waals surface area contributed by atoms with E-state index in [2.05, 4.69) is 25.7 Å². The van der Waals surface area contributed by atoms with Crippen molar-refractivity contribution >= 4 is 34.7 Å². The smallest absolute Gasteiger partial charge is 0.258 e. The van der Waals surface area contributed by atoms with E-state index >= 15 is 0 Å². The van der Waals surface area contributed by atoms with Crippen LogP contribution < -0.4 is 5.32 Å². The van der Waals surface area contributed by atoms with Gasteiger partial charge in [-0.3, -0.25) is 4.79 Å². The quantitative estimate of drug-likeness (QED) is 0.255. The molecule has 1 amide bonds. The van der Waals surface area contributed by atoms with Crippen molar-refractivity contribution in [2.45, 2.75) is 24.6 Å². The number of thioether (sulfide) groups is 1. The van der Waals surface area contributed by atoms with Crippen molar-refractivity contribution in [3.63, 3.8) is 0 Å². The van der Waals surface area contributed by atoms with E-state index in [1.165, 1.54) is 11.8 Å². The molecule has 4 rings (SSSR count). The maximum Gasteiger partial charge on any atom is 0.258 e. The van der Waals surface area contributed by atoms with Crippen LogP contribution in [0, 0.1) is 13.8 Å². The number of nitrogens with one attached hydrogen (secondary N) is 1. The molecule has 8 heteroatoms. The van der Waals surface area contributed by atoms with Gasteiger partial charge >= 0.3 is 0 Å². The molecule has 2 aromatic heterocycles. The van der Waals surface area contributed by atoms with Crippen LogP contribution in [0.25, 0.3) is 0 Å². The Morgan fingerprint density at radius 3 is 2.38 bits per heavy atom. The molecule has 2 aromatic carbocycles. The summed E-state index contributed by atoms with van der Waals surface area (Å²) in [6.07, 6.45) is 1.68. The maximum atomic E-state index is 12.9. The summed E-state index contributed by atoms with van der Waals surface area (Å²) >= 11 is 1.48. The number of hydrogen-bond donors (Lipinski definition) is 1. The summed E-state index contributed by atoms with van der Waals surface area (Å²) in [4.78, 5) is 17.3. The molecule has 0 saturated carbocycles. The first kappa shape index (κ1) is 21.5. The highest BCUT2D eigenvalue weighted by Crippen LogP contribution is 2.28. The Balaban J connectivity index is 1.42. The first-order chi connectivity index (χ1) is 15.6. The van der Waals surface area contributed by atoms with Crippen molar-refractivity contribution < 1.29 is 9.32 Å². The van der Waals surface area contributed by atoms with Gasteiger partial charge in [-0.1, -0.05) is 23.4 Å². The number of nitrogens with zero attached hydrogens (tertiary/aromatic N) is 4. The number of rotatable bonds is 7. The van der Waals surface area contributed by atoms with Gasteiger partial charge < -0.3 is 9.84 Å². The predicted octanol–water partition coefficient (Wildman–Crippen LogP) is 6.65. The van der Waals surface area contributed by atoms with Crippen molar-refractivity contribution in [2.24, 2.45) is 10.2 Å². The Labute approximate surface area is 190 Å². The number of amides is 1.